The van der Waals surface area contributed by atoms with Crippen LogP contribution in [0.1, 0.15) is 36.2 Å². The number of aryl methyl sites for hydroxylation is 1. The van der Waals surface area contributed by atoms with E-state index in [2.05, 4.69) is 25.0 Å². The van der Waals surface area contributed by atoms with Crippen molar-refractivity contribution in [1.29, 1.82) is 0 Å². The molecule has 1 N–H and O–H groups in total. The topological polar surface area (TPSA) is 81.9 Å². The van der Waals surface area contributed by atoms with Gasteiger partial charge in [0.15, 0.2) is 11.5 Å². The summed E-state index contributed by atoms with van der Waals surface area (Å²) < 4.78 is 30.7. The van der Waals surface area contributed by atoms with Crippen molar-refractivity contribution >= 4 is 17.5 Å². The lowest BCUT2D eigenvalue weighted by Gasteiger charge is -2.28. The third-order valence-corrected chi connectivity index (χ3v) is 4.59. The molecule has 1 fully saturated rings. The molecule has 3 rings (SSSR count). The SMILES string of the molecule is Cn1cncc1-c1ncc(Cl)c(C(=O)NC2CCC(OC(F)F)CC2)n1. The van der Waals surface area contributed by atoms with Crippen LogP contribution >= 0.6 is 11.6 Å². The second-order valence-corrected chi connectivity index (χ2v) is 6.53. The molecule has 0 bridgehead atoms. The Balaban J connectivity index is 1.66. The Hall–Kier alpha value is -2.13. The van der Waals surface area contributed by atoms with Gasteiger partial charge in [-0.3, -0.25) is 4.79 Å². The van der Waals surface area contributed by atoms with Crippen molar-refractivity contribution in [1.82, 2.24) is 24.8 Å². The number of amides is 1. The van der Waals surface area contributed by atoms with Gasteiger partial charge in [-0.25, -0.2) is 15.0 Å². The minimum Gasteiger partial charge on any atom is -0.348 e. The Morgan fingerprint density at radius 2 is 2.08 bits per heavy atom. The van der Waals surface area contributed by atoms with Crippen molar-refractivity contribution in [3.63, 3.8) is 0 Å². The molecule has 1 aliphatic rings. The average Bonchev–Trinajstić information content (AvgIpc) is 3.02. The van der Waals surface area contributed by atoms with Gasteiger partial charge in [0.1, 0.15) is 5.69 Å². The van der Waals surface area contributed by atoms with Crippen molar-refractivity contribution in [3.05, 3.63) is 29.4 Å². The second kappa shape index (κ2) is 8.05. The predicted molar refractivity (Wildman–Crippen MR) is 89.8 cm³/mol. The van der Waals surface area contributed by atoms with E-state index >= 15 is 0 Å². The van der Waals surface area contributed by atoms with Crippen molar-refractivity contribution < 1.29 is 18.3 Å². The molecule has 10 heteroatoms. The molecular formula is C16H18ClF2N5O2. The fourth-order valence-corrected chi connectivity index (χ4v) is 3.14. The van der Waals surface area contributed by atoms with Crippen LogP contribution in [0.2, 0.25) is 5.02 Å². The van der Waals surface area contributed by atoms with Gasteiger partial charge in [-0.2, -0.15) is 8.78 Å². The third-order valence-electron chi connectivity index (χ3n) is 4.31. The summed E-state index contributed by atoms with van der Waals surface area (Å²) in [6.45, 7) is -2.77. The maximum Gasteiger partial charge on any atom is 0.345 e. The van der Waals surface area contributed by atoms with Gasteiger partial charge >= 0.3 is 6.61 Å². The summed E-state index contributed by atoms with van der Waals surface area (Å²) in [5.74, 6) is -0.0763. The number of halogens is 3. The first-order chi connectivity index (χ1) is 12.4. The van der Waals surface area contributed by atoms with Crippen LogP contribution in [0.15, 0.2) is 18.7 Å². The summed E-state index contributed by atoms with van der Waals surface area (Å²) >= 11 is 6.08. The summed E-state index contributed by atoms with van der Waals surface area (Å²) in [4.78, 5) is 24.9. The minimum atomic E-state index is -2.77. The number of ether oxygens (including phenoxy) is 1. The zero-order valence-electron chi connectivity index (χ0n) is 14.0. The Labute approximate surface area is 153 Å². The maximum atomic E-state index is 12.5. The Kier molecular flexibility index (Phi) is 5.77. The first-order valence-electron chi connectivity index (χ1n) is 8.17. The molecule has 2 heterocycles. The van der Waals surface area contributed by atoms with E-state index in [1.165, 1.54) is 6.20 Å². The van der Waals surface area contributed by atoms with Crippen molar-refractivity contribution in [2.75, 3.05) is 0 Å². The summed E-state index contributed by atoms with van der Waals surface area (Å²) in [6, 6.07) is -0.133. The Bertz CT molecular complexity index is 778. The highest BCUT2D eigenvalue weighted by Crippen LogP contribution is 2.24. The molecule has 0 atom stereocenters. The van der Waals surface area contributed by atoms with Gasteiger partial charge in [-0.1, -0.05) is 11.6 Å². The molecule has 1 saturated carbocycles. The standard InChI is InChI=1S/C16H18ClF2N5O2/c1-24-8-20-7-12(24)14-21-6-11(17)13(23-14)15(25)22-9-2-4-10(5-3-9)26-16(18)19/h6-10,16H,2-5H2,1H3,(H,22,25). The molecule has 26 heavy (non-hydrogen) atoms. The van der Waals surface area contributed by atoms with Crippen LogP contribution in [0.4, 0.5) is 8.78 Å². The largest absolute Gasteiger partial charge is 0.348 e. The number of nitrogens with one attached hydrogen (secondary N) is 1. The first kappa shape index (κ1) is 18.7. The van der Waals surface area contributed by atoms with Gasteiger partial charge in [0, 0.05) is 13.1 Å². The molecule has 1 aliphatic carbocycles. The van der Waals surface area contributed by atoms with E-state index in [9.17, 15) is 13.6 Å². The van der Waals surface area contributed by atoms with Gasteiger partial charge in [0.25, 0.3) is 5.91 Å². The zero-order valence-corrected chi connectivity index (χ0v) is 14.8. The van der Waals surface area contributed by atoms with Crippen LogP contribution in [0, 0.1) is 0 Å². The fourth-order valence-electron chi connectivity index (χ4n) is 2.96. The summed E-state index contributed by atoms with van der Waals surface area (Å²) in [5, 5.41) is 3.00. The Morgan fingerprint density at radius 3 is 2.69 bits per heavy atom. The third kappa shape index (κ3) is 4.34. The van der Waals surface area contributed by atoms with Gasteiger partial charge in [0.2, 0.25) is 0 Å². The molecule has 0 aromatic carbocycles. The number of alkyl halides is 2. The van der Waals surface area contributed by atoms with E-state index in [1.54, 1.807) is 24.1 Å². The number of carbonyl (C=O) groups is 1. The molecule has 0 saturated heterocycles. The quantitative estimate of drug-likeness (QED) is 0.855. The molecule has 7 nitrogen and oxygen atoms in total. The number of rotatable bonds is 5. The highest BCUT2D eigenvalue weighted by Gasteiger charge is 2.26. The lowest BCUT2D eigenvalue weighted by atomic mass is 9.93. The monoisotopic (exact) mass is 385 g/mol. The number of hydrogen-bond acceptors (Lipinski definition) is 5. The molecule has 0 spiro atoms. The molecule has 0 radical (unpaired) electrons. The lowest BCUT2D eigenvalue weighted by molar-refractivity contribution is -0.170. The number of nitrogens with zero attached hydrogens (tertiary/aromatic N) is 4. The zero-order chi connectivity index (χ0) is 18.7. The fraction of sp³-hybridized carbons (Fsp3) is 0.500. The summed E-state index contributed by atoms with van der Waals surface area (Å²) in [5.41, 5.74) is 0.726. The minimum absolute atomic E-state index is 0.0730. The number of imidazole rings is 1. The molecular weight excluding hydrogens is 368 g/mol. The predicted octanol–water partition coefficient (Wildman–Crippen LogP) is 2.81. The van der Waals surface area contributed by atoms with E-state index in [-0.39, 0.29) is 16.8 Å². The second-order valence-electron chi connectivity index (χ2n) is 6.12. The van der Waals surface area contributed by atoms with Crippen LogP contribution in [-0.2, 0) is 11.8 Å². The van der Waals surface area contributed by atoms with Gasteiger partial charge in [-0.15, -0.1) is 0 Å². The molecule has 0 aliphatic heterocycles. The van der Waals surface area contributed by atoms with Gasteiger partial charge < -0.3 is 14.6 Å². The highest BCUT2D eigenvalue weighted by molar-refractivity contribution is 6.33. The molecule has 1 amide bonds. The van der Waals surface area contributed by atoms with E-state index < -0.39 is 18.6 Å². The van der Waals surface area contributed by atoms with Crippen LogP contribution in [0.5, 0.6) is 0 Å². The Morgan fingerprint density at radius 1 is 1.35 bits per heavy atom. The van der Waals surface area contributed by atoms with Crippen LogP contribution < -0.4 is 5.32 Å². The van der Waals surface area contributed by atoms with Crippen molar-refractivity contribution in [2.45, 2.75) is 44.4 Å². The number of carbonyl (C=O) groups excluding carboxylic acids is 1. The van der Waals surface area contributed by atoms with Crippen LogP contribution in [-0.4, -0.2) is 44.2 Å². The normalized spacial score (nSPS) is 20.3. The van der Waals surface area contributed by atoms with E-state index in [0.717, 1.165) is 0 Å². The number of hydrogen-bond donors (Lipinski definition) is 1. The summed E-state index contributed by atoms with van der Waals surface area (Å²) in [7, 11) is 1.79. The van der Waals surface area contributed by atoms with Gasteiger partial charge in [0.05, 0.1) is 29.8 Å². The highest BCUT2D eigenvalue weighted by atomic mass is 35.5. The van der Waals surface area contributed by atoms with E-state index in [1.807, 2.05) is 0 Å². The van der Waals surface area contributed by atoms with Crippen molar-refractivity contribution in [2.24, 2.45) is 7.05 Å². The molecule has 0 unspecified atom stereocenters. The lowest BCUT2D eigenvalue weighted by Crippen LogP contribution is -2.39. The smallest absolute Gasteiger partial charge is 0.345 e. The number of aromatic nitrogens is 4. The maximum absolute atomic E-state index is 12.5. The van der Waals surface area contributed by atoms with E-state index in [0.29, 0.717) is 37.2 Å². The molecule has 2 aromatic heterocycles. The molecule has 140 valence electrons. The van der Waals surface area contributed by atoms with Crippen molar-refractivity contribution in [3.8, 4) is 11.5 Å². The first-order valence-corrected chi connectivity index (χ1v) is 8.55. The van der Waals surface area contributed by atoms with E-state index in [4.69, 9.17) is 11.6 Å². The average molecular weight is 386 g/mol. The van der Waals surface area contributed by atoms with Crippen LogP contribution in [0.3, 0.4) is 0 Å². The molecule has 2 aromatic rings. The van der Waals surface area contributed by atoms with Gasteiger partial charge in [-0.05, 0) is 25.7 Å². The summed E-state index contributed by atoms with van der Waals surface area (Å²) in [6.07, 6.45) is 6.14. The van der Waals surface area contributed by atoms with Crippen LogP contribution in [0.25, 0.3) is 11.5 Å².